The van der Waals surface area contributed by atoms with Gasteiger partial charge in [0, 0.05) is 29.2 Å². The van der Waals surface area contributed by atoms with Crippen LogP contribution in [-0.4, -0.2) is 51.1 Å². The molecule has 0 N–H and O–H groups in total. The Morgan fingerprint density at radius 3 is 2.35 bits per heavy atom. The Balaban J connectivity index is 2.03. The monoisotopic (exact) mass is 376 g/mol. The lowest BCUT2D eigenvalue weighted by Crippen LogP contribution is -2.15. The van der Waals surface area contributed by atoms with Gasteiger partial charge in [0.25, 0.3) is 0 Å². The Kier molecular flexibility index (Phi) is 8.23. The summed E-state index contributed by atoms with van der Waals surface area (Å²) in [5.74, 6) is 1.74. The van der Waals surface area contributed by atoms with Crippen LogP contribution in [0.2, 0.25) is 5.02 Å². The molecule has 0 heterocycles. The lowest BCUT2D eigenvalue weighted by atomic mass is 10.1. The van der Waals surface area contributed by atoms with Gasteiger partial charge in [0.15, 0.2) is 0 Å². The number of benzene rings is 2. The van der Waals surface area contributed by atoms with Crippen LogP contribution in [-0.2, 0) is 13.2 Å². The molecule has 2 rings (SSSR count). The number of rotatable bonds is 10. The van der Waals surface area contributed by atoms with Gasteiger partial charge in [0.05, 0.1) is 6.61 Å². The van der Waals surface area contributed by atoms with Crippen LogP contribution < -0.4 is 9.47 Å². The van der Waals surface area contributed by atoms with E-state index in [-0.39, 0.29) is 0 Å². The first-order valence-electron chi connectivity index (χ1n) is 8.87. The van der Waals surface area contributed by atoms with Crippen molar-refractivity contribution in [3.8, 4) is 11.5 Å². The van der Waals surface area contributed by atoms with Crippen LogP contribution in [0.1, 0.15) is 17.5 Å². The molecule has 0 aliphatic rings. The van der Waals surface area contributed by atoms with Gasteiger partial charge in [-0.2, -0.15) is 0 Å². The molecule has 0 atom stereocenters. The molecule has 5 heteroatoms. The van der Waals surface area contributed by atoms with Crippen molar-refractivity contribution in [3.63, 3.8) is 0 Å². The van der Waals surface area contributed by atoms with Crippen molar-refractivity contribution in [2.45, 2.75) is 19.6 Å². The minimum Gasteiger partial charge on any atom is -0.494 e. The summed E-state index contributed by atoms with van der Waals surface area (Å²) in [5, 5.41) is 0.725. The van der Waals surface area contributed by atoms with Crippen LogP contribution in [0.5, 0.6) is 11.5 Å². The maximum absolute atomic E-state index is 6.22. The van der Waals surface area contributed by atoms with Crippen LogP contribution in [0.3, 0.4) is 0 Å². The number of halogens is 1. The summed E-state index contributed by atoms with van der Waals surface area (Å²) in [6, 6.07) is 13.8. The van der Waals surface area contributed by atoms with Crippen LogP contribution in [0.15, 0.2) is 42.5 Å². The maximum atomic E-state index is 6.22. The van der Waals surface area contributed by atoms with Gasteiger partial charge in [-0.05, 0) is 58.9 Å². The van der Waals surface area contributed by atoms with E-state index in [1.54, 1.807) is 0 Å². The summed E-state index contributed by atoms with van der Waals surface area (Å²) in [6.07, 6.45) is 1.00. The van der Waals surface area contributed by atoms with Gasteiger partial charge in [-0.15, -0.1) is 0 Å². The molecular formula is C21H29ClN2O2. The summed E-state index contributed by atoms with van der Waals surface area (Å²) < 4.78 is 11.9. The molecule has 0 saturated heterocycles. The van der Waals surface area contributed by atoms with E-state index in [0.29, 0.717) is 13.2 Å². The Morgan fingerprint density at radius 1 is 0.885 bits per heavy atom. The van der Waals surface area contributed by atoms with Gasteiger partial charge >= 0.3 is 0 Å². The summed E-state index contributed by atoms with van der Waals surface area (Å²) in [4.78, 5) is 4.28. The largest absolute Gasteiger partial charge is 0.494 e. The second kappa shape index (κ2) is 10.4. The molecular weight excluding hydrogens is 348 g/mol. The molecule has 0 fully saturated rings. The van der Waals surface area contributed by atoms with Gasteiger partial charge in [-0.1, -0.05) is 29.8 Å². The lowest BCUT2D eigenvalue weighted by molar-refractivity contribution is 0.276. The van der Waals surface area contributed by atoms with Crippen LogP contribution in [0, 0.1) is 0 Å². The highest BCUT2D eigenvalue weighted by Crippen LogP contribution is 2.27. The van der Waals surface area contributed by atoms with E-state index < -0.39 is 0 Å². The van der Waals surface area contributed by atoms with Crippen molar-refractivity contribution in [3.05, 3.63) is 58.6 Å². The van der Waals surface area contributed by atoms with E-state index in [0.717, 1.165) is 47.2 Å². The quantitative estimate of drug-likeness (QED) is 0.577. The average molecular weight is 377 g/mol. The first kappa shape index (κ1) is 20.6. The van der Waals surface area contributed by atoms with E-state index in [4.69, 9.17) is 21.1 Å². The second-order valence-corrected chi connectivity index (χ2v) is 7.30. The Labute approximate surface area is 162 Å². The number of nitrogens with zero attached hydrogens (tertiary/aromatic N) is 2. The number of hydrogen-bond acceptors (Lipinski definition) is 4. The Hall–Kier alpha value is -1.75. The number of ether oxygens (including phenoxy) is 2. The molecule has 2 aromatic carbocycles. The minimum atomic E-state index is 0.448. The summed E-state index contributed by atoms with van der Waals surface area (Å²) >= 11 is 6.22. The average Bonchev–Trinajstić information content (AvgIpc) is 2.58. The molecule has 0 saturated carbocycles. The first-order chi connectivity index (χ1) is 12.5. The van der Waals surface area contributed by atoms with Crippen molar-refractivity contribution >= 4 is 11.6 Å². The molecule has 4 nitrogen and oxygen atoms in total. The SMILES string of the molecule is CN(C)CCCOc1ccc(OCc2ccccc2Cl)c(CN(C)C)c1. The van der Waals surface area contributed by atoms with Crippen molar-refractivity contribution in [2.24, 2.45) is 0 Å². The van der Waals surface area contributed by atoms with Gasteiger partial charge in [-0.25, -0.2) is 0 Å². The fourth-order valence-corrected chi connectivity index (χ4v) is 2.78. The van der Waals surface area contributed by atoms with Crippen molar-refractivity contribution in [2.75, 3.05) is 41.3 Å². The van der Waals surface area contributed by atoms with E-state index >= 15 is 0 Å². The fourth-order valence-electron chi connectivity index (χ4n) is 2.59. The molecule has 0 aromatic heterocycles. The highest BCUT2D eigenvalue weighted by molar-refractivity contribution is 6.31. The zero-order valence-corrected chi connectivity index (χ0v) is 16.9. The maximum Gasteiger partial charge on any atom is 0.124 e. The standard InChI is InChI=1S/C21H29ClN2O2/c1-23(2)12-7-13-25-19-10-11-21(18(14-19)15-24(3)4)26-16-17-8-5-6-9-20(17)22/h5-6,8-11,14H,7,12-13,15-16H2,1-4H3. The zero-order valence-electron chi connectivity index (χ0n) is 16.2. The molecule has 26 heavy (non-hydrogen) atoms. The Bertz CT molecular complexity index is 689. The molecule has 0 radical (unpaired) electrons. The fraction of sp³-hybridized carbons (Fsp3) is 0.429. The van der Waals surface area contributed by atoms with Gasteiger partial charge < -0.3 is 19.3 Å². The van der Waals surface area contributed by atoms with Crippen molar-refractivity contribution in [1.29, 1.82) is 0 Å². The van der Waals surface area contributed by atoms with Gasteiger partial charge in [0.2, 0.25) is 0 Å². The van der Waals surface area contributed by atoms with Crippen molar-refractivity contribution < 1.29 is 9.47 Å². The normalized spacial score (nSPS) is 11.2. The molecule has 0 bridgehead atoms. The Morgan fingerprint density at radius 2 is 1.65 bits per heavy atom. The van der Waals surface area contributed by atoms with Crippen molar-refractivity contribution in [1.82, 2.24) is 9.80 Å². The second-order valence-electron chi connectivity index (χ2n) is 6.89. The van der Waals surface area contributed by atoms with E-state index in [9.17, 15) is 0 Å². The predicted molar refractivity (Wildman–Crippen MR) is 108 cm³/mol. The van der Waals surface area contributed by atoms with E-state index in [2.05, 4.69) is 30.0 Å². The first-order valence-corrected chi connectivity index (χ1v) is 9.25. The summed E-state index contributed by atoms with van der Waals surface area (Å²) in [7, 11) is 8.23. The molecule has 2 aromatic rings. The smallest absolute Gasteiger partial charge is 0.124 e. The summed E-state index contributed by atoms with van der Waals surface area (Å²) in [6.45, 7) is 2.96. The minimum absolute atomic E-state index is 0.448. The van der Waals surface area contributed by atoms with Crippen LogP contribution in [0.4, 0.5) is 0 Å². The predicted octanol–water partition coefficient (Wildman–Crippen LogP) is 4.31. The zero-order chi connectivity index (χ0) is 18.9. The molecule has 142 valence electrons. The lowest BCUT2D eigenvalue weighted by Gasteiger charge is -2.17. The molecule has 0 unspecified atom stereocenters. The molecule has 0 aliphatic heterocycles. The number of hydrogen-bond donors (Lipinski definition) is 0. The van der Waals surface area contributed by atoms with E-state index in [1.165, 1.54) is 0 Å². The van der Waals surface area contributed by atoms with Crippen LogP contribution >= 0.6 is 11.6 Å². The third kappa shape index (κ3) is 6.87. The molecule has 0 aliphatic carbocycles. The van der Waals surface area contributed by atoms with Crippen LogP contribution in [0.25, 0.3) is 0 Å². The molecule has 0 spiro atoms. The third-order valence-corrected chi connectivity index (χ3v) is 4.25. The molecule has 0 amide bonds. The van der Waals surface area contributed by atoms with E-state index in [1.807, 2.05) is 50.5 Å². The third-order valence-electron chi connectivity index (χ3n) is 3.88. The summed E-state index contributed by atoms with van der Waals surface area (Å²) in [5.41, 5.74) is 2.08. The van der Waals surface area contributed by atoms with Gasteiger partial charge in [-0.3, -0.25) is 0 Å². The topological polar surface area (TPSA) is 24.9 Å². The van der Waals surface area contributed by atoms with Gasteiger partial charge in [0.1, 0.15) is 18.1 Å². The highest BCUT2D eigenvalue weighted by atomic mass is 35.5. The highest BCUT2D eigenvalue weighted by Gasteiger charge is 2.09.